The highest BCUT2D eigenvalue weighted by Gasteiger charge is 2.52. The first-order valence-electron chi connectivity index (χ1n) is 7.55. The number of hydrogen-bond acceptors (Lipinski definition) is 2. The Morgan fingerprint density at radius 2 is 1.74 bits per heavy atom. The predicted molar refractivity (Wildman–Crippen MR) is 85.7 cm³/mol. The van der Waals surface area contributed by atoms with Gasteiger partial charge in [0, 0.05) is 12.7 Å². The lowest BCUT2D eigenvalue weighted by molar-refractivity contribution is -0.624. The summed E-state index contributed by atoms with van der Waals surface area (Å²) in [6, 6.07) is 17.6. The van der Waals surface area contributed by atoms with Crippen molar-refractivity contribution in [1.82, 2.24) is 0 Å². The van der Waals surface area contributed by atoms with Gasteiger partial charge in [-0.3, -0.25) is 4.79 Å². The van der Waals surface area contributed by atoms with E-state index < -0.39 is 5.60 Å². The zero-order chi connectivity index (χ0) is 15.6. The van der Waals surface area contributed by atoms with E-state index in [0.29, 0.717) is 6.54 Å². The average molecular weight is 333 g/mol. The van der Waals surface area contributed by atoms with E-state index in [1.807, 2.05) is 66.5 Å². The minimum atomic E-state index is -1.04. The van der Waals surface area contributed by atoms with Crippen LogP contribution in [-0.2, 0) is 15.1 Å². The molecule has 2 N–H and O–H groups in total. The summed E-state index contributed by atoms with van der Waals surface area (Å²) in [5.74, 6) is -0.00995. The number of nitrogens with two attached hydrogens (primary N) is 1. The van der Waals surface area contributed by atoms with E-state index in [2.05, 4.69) is 5.32 Å². The van der Waals surface area contributed by atoms with E-state index in [4.69, 9.17) is 4.74 Å². The van der Waals surface area contributed by atoms with Crippen molar-refractivity contribution < 1.29 is 27.3 Å². The second-order valence-corrected chi connectivity index (χ2v) is 5.42. The van der Waals surface area contributed by atoms with Gasteiger partial charge >= 0.3 is 0 Å². The van der Waals surface area contributed by atoms with E-state index in [1.165, 1.54) is 0 Å². The van der Waals surface area contributed by atoms with Crippen LogP contribution in [0.4, 0.5) is 5.69 Å². The van der Waals surface area contributed by atoms with Crippen LogP contribution in [0.2, 0.25) is 0 Å². The van der Waals surface area contributed by atoms with Gasteiger partial charge in [0.25, 0.3) is 5.91 Å². The zero-order valence-electron chi connectivity index (χ0n) is 13.3. The molecule has 1 aliphatic heterocycles. The van der Waals surface area contributed by atoms with Crippen LogP contribution in [0.5, 0.6) is 0 Å². The van der Waals surface area contributed by atoms with Crippen LogP contribution in [0.1, 0.15) is 11.1 Å². The van der Waals surface area contributed by atoms with Crippen LogP contribution in [0.25, 0.3) is 0 Å². The molecule has 1 unspecified atom stereocenters. The summed E-state index contributed by atoms with van der Waals surface area (Å²) in [4.78, 5) is 15.0. The van der Waals surface area contributed by atoms with Crippen LogP contribution in [0.15, 0.2) is 54.6 Å². The second kappa shape index (κ2) is 7.13. The molecule has 122 valence electrons. The first-order valence-corrected chi connectivity index (χ1v) is 7.55. The summed E-state index contributed by atoms with van der Waals surface area (Å²) in [5, 5.41) is 2.07. The number of methoxy groups -OCH3 is 1. The van der Waals surface area contributed by atoms with Gasteiger partial charge in [-0.1, -0.05) is 48.5 Å². The molecule has 5 heteroatoms. The number of carbonyl (C=O) groups excluding carboxylic acids is 1. The molecule has 1 aliphatic rings. The molecule has 1 amide bonds. The lowest BCUT2D eigenvalue weighted by Gasteiger charge is -2.27. The number of amides is 1. The van der Waals surface area contributed by atoms with Crippen molar-refractivity contribution in [2.75, 3.05) is 32.1 Å². The highest BCUT2D eigenvalue weighted by Crippen LogP contribution is 2.46. The van der Waals surface area contributed by atoms with Gasteiger partial charge in [-0.05, 0) is 11.6 Å². The maximum atomic E-state index is 13.2. The molecule has 0 radical (unpaired) electrons. The monoisotopic (exact) mass is 332 g/mol. The van der Waals surface area contributed by atoms with Gasteiger partial charge in [-0.15, -0.1) is 0 Å². The van der Waals surface area contributed by atoms with Crippen molar-refractivity contribution in [3.8, 4) is 0 Å². The lowest BCUT2D eigenvalue weighted by Crippen LogP contribution is -3.00. The van der Waals surface area contributed by atoms with Gasteiger partial charge in [0.1, 0.15) is 0 Å². The number of likely N-dealkylation sites (N-methyl/N-ethyl adjacent to an activating group) is 1. The molecule has 1 atom stereocenters. The molecule has 0 saturated carbocycles. The third kappa shape index (κ3) is 2.63. The first-order chi connectivity index (χ1) is 10.8. The van der Waals surface area contributed by atoms with Crippen molar-refractivity contribution in [2.24, 2.45) is 0 Å². The quantitative estimate of drug-likeness (QED) is 0.697. The van der Waals surface area contributed by atoms with E-state index in [9.17, 15) is 4.79 Å². The van der Waals surface area contributed by atoms with Crippen LogP contribution in [-0.4, -0.2) is 33.2 Å². The number of quaternary nitrogens is 1. The van der Waals surface area contributed by atoms with Crippen molar-refractivity contribution in [2.45, 2.75) is 5.60 Å². The molecule has 1 heterocycles. The van der Waals surface area contributed by atoms with E-state index in [1.54, 1.807) is 7.11 Å². The number of hydrogen-bond donors (Lipinski definition) is 1. The van der Waals surface area contributed by atoms with Crippen LogP contribution in [0, 0.1) is 0 Å². The largest absolute Gasteiger partial charge is 1.00 e. The summed E-state index contributed by atoms with van der Waals surface area (Å²) in [7, 11) is 3.62. The molecule has 0 saturated heterocycles. The Balaban J connectivity index is 0.00000192. The summed E-state index contributed by atoms with van der Waals surface area (Å²) in [5.41, 5.74) is 1.70. The summed E-state index contributed by atoms with van der Waals surface area (Å²) in [6.07, 6.45) is 0. The smallest absolute Gasteiger partial charge is 0.268 e. The molecular weight excluding hydrogens is 312 g/mol. The summed E-state index contributed by atoms with van der Waals surface area (Å²) in [6.45, 7) is 1.53. The summed E-state index contributed by atoms with van der Waals surface area (Å²) < 4.78 is 5.83. The third-order valence-corrected chi connectivity index (χ3v) is 4.25. The lowest BCUT2D eigenvalue weighted by atomic mass is 9.87. The van der Waals surface area contributed by atoms with Crippen LogP contribution < -0.4 is 22.6 Å². The number of benzene rings is 2. The Bertz CT molecular complexity index is 678. The number of rotatable bonds is 5. The fourth-order valence-electron chi connectivity index (χ4n) is 3.17. The number of nitrogens with zero attached hydrogens (tertiary/aromatic N) is 1. The molecular formula is C18H21ClN2O2. The SMILES string of the molecule is C[NH2+]CCN1C(=O)C(OC)(c2ccccc2)c2ccccc21.[Cl-]. The standard InChI is InChI=1S/C18H20N2O2.ClH/c1-19-12-13-20-16-11-7-6-10-15(16)18(22-2,17(20)21)14-8-4-3-5-9-14;/h3-11,19H,12-13H2,1-2H3;1H. The zero-order valence-corrected chi connectivity index (χ0v) is 14.1. The van der Waals surface area contributed by atoms with Crippen LogP contribution in [0.3, 0.4) is 0 Å². The molecule has 2 aromatic rings. The highest BCUT2D eigenvalue weighted by molar-refractivity contribution is 6.09. The number of carbonyl (C=O) groups is 1. The summed E-state index contributed by atoms with van der Waals surface area (Å²) >= 11 is 0. The number of halogens is 1. The van der Waals surface area contributed by atoms with Crippen LogP contribution >= 0.6 is 0 Å². The minimum absolute atomic E-state index is 0. The molecule has 0 aliphatic carbocycles. The average Bonchev–Trinajstić information content (AvgIpc) is 2.82. The molecule has 23 heavy (non-hydrogen) atoms. The van der Waals surface area contributed by atoms with Gasteiger partial charge < -0.3 is 27.4 Å². The van der Waals surface area contributed by atoms with Gasteiger partial charge in [-0.25, -0.2) is 0 Å². The Kier molecular flexibility index (Phi) is 5.42. The number of anilines is 1. The van der Waals surface area contributed by atoms with E-state index in [-0.39, 0.29) is 18.3 Å². The van der Waals surface area contributed by atoms with E-state index >= 15 is 0 Å². The first kappa shape index (κ1) is 17.5. The van der Waals surface area contributed by atoms with Gasteiger partial charge in [0.2, 0.25) is 0 Å². The molecule has 0 bridgehead atoms. The molecule has 0 fully saturated rings. The van der Waals surface area contributed by atoms with Crippen molar-refractivity contribution in [3.05, 3.63) is 65.7 Å². The Labute approximate surface area is 142 Å². The second-order valence-electron chi connectivity index (χ2n) is 5.42. The van der Waals surface area contributed by atoms with Gasteiger partial charge in [-0.2, -0.15) is 0 Å². The highest BCUT2D eigenvalue weighted by atomic mass is 35.5. The normalized spacial score (nSPS) is 19.4. The predicted octanol–water partition coefficient (Wildman–Crippen LogP) is -1.88. The number of fused-ring (bicyclic) bond motifs is 1. The van der Waals surface area contributed by atoms with Crippen molar-refractivity contribution in [1.29, 1.82) is 0 Å². The Hall–Kier alpha value is -1.88. The Morgan fingerprint density at radius 1 is 1.09 bits per heavy atom. The molecule has 2 aromatic carbocycles. The number of ether oxygens (including phenoxy) is 1. The topological polar surface area (TPSA) is 46.2 Å². The van der Waals surface area contributed by atoms with Gasteiger partial charge in [0.05, 0.1) is 25.8 Å². The maximum absolute atomic E-state index is 13.2. The fraction of sp³-hybridized carbons (Fsp3) is 0.278. The third-order valence-electron chi connectivity index (χ3n) is 4.25. The van der Waals surface area contributed by atoms with Crippen molar-refractivity contribution >= 4 is 11.6 Å². The van der Waals surface area contributed by atoms with Gasteiger partial charge in [0.15, 0.2) is 5.60 Å². The molecule has 4 nitrogen and oxygen atoms in total. The molecule has 0 spiro atoms. The maximum Gasteiger partial charge on any atom is 0.268 e. The molecule has 0 aromatic heterocycles. The van der Waals surface area contributed by atoms with Crippen molar-refractivity contribution in [3.63, 3.8) is 0 Å². The fourth-order valence-corrected chi connectivity index (χ4v) is 3.17. The minimum Gasteiger partial charge on any atom is -1.00 e. The number of para-hydroxylation sites is 1. The van der Waals surface area contributed by atoms with E-state index in [0.717, 1.165) is 23.4 Å². The Morgan fingerprint density at radius 3 is 2.39 bits per heavy atom. The molecule has 3 rings (SSSR count).